The van der Waals surface area contributed by atoms with E-state index < -0.39 is 0 Å². The lowest BCUT2D eigenvalue weighted by Crippen LogP contribution is -2.42. The summed E-state index contributed by atoms with van der Waals surface area (Å²) in [4.78, 5) is 16.6. The lowest BCUT2D eigenvalue weighted by molar-refractivity contribution is -0.131. The zero-order chi connectivity index (χ0) is 13.0. The highest BCUT2D eigenvalue weighted by Gasteiger charge is 2.32. The van der Waals surface area contributed by atoms with Crippen molar-refractivity contribution in [1.29, 1.82) is 0 Å². The lowest BCUT2D eigenvalue weighted by atomic mass is 9.89. The molecule has 1 atom stereocenters. The summed E-state index contributed by atoms with van der Waals surface area (Å²) in [5.74, 6) is 0.323. The quantitative estimate of drug-likeness (QED) is 0.809. The number of nitrogens with zero attached hydrogens (tertiary/aromatic N) is 2. The van der Waals surface area contributed by atoms with Gasteiger partial charge in [-0.3, -0.25) is 9.69 Å². The van der Waals surface area contributed by atoms with Gasteiger partial charge in [-0.05, 0) is 31.2 Å². The minimum atomic E-state index is 0.323. The molecule has 2 fully saturated rings. The Labute approximate surface area is 111 Å². The molecule has 0 saturated carbocycles. The van der Waals surface area contributed by atoms with Crippen LogP contribution in [0.15, 0.2) is 0 Å². The molecule has 104 valence electrons. The second kappa shape index (κ2) is 6.02. The van der Waals surface area contributed by atoms with Crippen LogP contribution in [0.4, 0.5) is 0 Å². The van der Waals surface area contributed by atoms with Crippen LogP contribution >= 0.6 is 0 Å². The van der Waals surface area contributed by atoms with Gasteiger partial charge in [-0.2, -0.15) is 0 Å². The zero-order valence-corrected chi connectivity index (χ0v) is 11.9. The summed E-state index contributed by atoms with van der Waals surface area (Å²) in [6, 6.07) is 0. The van der Waals surface area contributed by atoms with E-state index in [4.69, 9.17) is 0 Å². The van der Waals surface area contributed by atoms with Crippen LogP contribution in [0.5, 0.6) is 0 Å². The molecule has 0 aromatic rings. The van der Waals surface area contributed by atoms with E-state index in [9.17, 15) is 4.79 Å². The van der Waals surface area contributed by atoms with Crippen molar-refractivity contribution in [3.05, 3.63) is 0 Å². The molecule has 4 nitrogen and oxygen atoms in total. The summed E-state index contributed by atoms with van der Waals surface area (Å²) in [7, 11) is 0. The van der Waals surface area contributed by atoms with Crippen molar-refractivity contribution in [2.75, 3.05) is 45.8 Å². The van der Waals surface area contributed by atoms with Gasteiger partial charge in [0.2, 0.25) is 5.91 Å². The third kappa shape index (κ3) is 3.45. The molecule has 1 N–H and O–H groups in total. The first-order valence-corrected chi connectivity index (χ1v) is 7.34. The maximum absolute atomic E-state index is 12.2. The second-order valence-electron chi connectivity index (χ2n) is 6.18. The van der Waals surface area contributed by atoms with Gasteiger partial charge in [-0.1, -0.05) is 13.8 Å². The Kier molecular flexibility index (Phi) is 4.62. The first-order chi connectivity index (χ1) is 8.63. The predicted molar refractivity (Wildman–Crippen MR) is 73.5 cm³/mol. The molecule has 0 aromatic carbocycles. The first kappa shape index (κ1) is 13.8. The summed E-state index contributed by atoms with van der Waals surface area (Å²) >= 11 is 0. The molecule has 2 saturated heterocycles. The van der Waals surface area contributed by atoms with Crippen LogP contribution in [0.3, 0.4) is 0 Å². The highest BCUT2D eigenvalue weighted by molar-refractivity contribution is 5.78. The van der Waals surface area contributed by atoms with Crippen molar-refractivity contribution < 1.29 is 4.79 Å². The van der Waals surface area contributed by atoms with Crippen molar-refractivity contribution in [3.8, 4) is 0 Å². The van der Waals surface area contributed by atoms with Crippen LogP contribution in [-0.2, 0) is 4.79 Å². The molecule has 0 bridgehead atoms. The second-order valence-corrected chi connectivity index (χ2v) is 6.18. The minimum Gasteiger partial charge on any atom is -0.342 e. The minimum absolute atomic E-state index is 0.323. The molecule has 0 radical (unpaired) electrons. The highest BCUT2D eigenvalue weighted by atomic mass is 16.2. The molecular weight excluding hydrogens is 226 g/mol. The van der Waals surface area contributed by atoms with Crippen LogP contribution in [0.2, 0.25) is 0 Å². The Morgan fingerprint density at radius 3 is 2.89 bits per heavy atom. The highest BCUT2D eigenvalue weighted by Crippen LogP contribution is 2.26. The van der Waals surface area contributed by atoms with Crippen molar-refractivity contribution >= 4 is 5.91 Å². The van der Waals surface area contributed by atoms with E-state index in [-0.39, 0.29) is 0 Å². The smallest absolute Gasteiger partial charge is 0.236 e. The number of carbonyl (C=O) groups is 1. The topological polar surface area (TPSA) is 35.6 Å². The zero-order valence-electron chi connectivity index (χ0n) is 11.9. The molecule has 2 rings (SSSR count). The monoisotopic (exact) mass is 253 g/mol. The average Bonchev–Trinajstić information content (AvgIpc) is 2.66. The summed E-state index contributed by atoms with van der Waals surface area (Å²) in [5, 5.41) is 3.44. The number of hydrogen-bond donors (Lipinski definition) is 1. The number of hydrogen-bond acceptors (Lipinski definition) is 3. The summed E-state index contributed by atoms with van der Waals surface area (Å²) in [5.41, 5.74) is 0.361. The molecule has 2 aliphatic rings. The van der Waals surface area contributed by atoms with Gasteiger partial charge in [0.25, 0.3) is 0 Å². The molecule has 2 aliphatic heterocycles. The van der Waals surface area contributed by atoms with E-state index >= 15 is 0 Å². The molecule has 4 heteroatoms. The van der Waals surface area contributed by atoms with E-state index in [2.05, 4.69) is 24.1 Å². The molecule has 1 unspecified atom stereocenters. The van der Waals surface area contributed by atoms with E-state index in [0.717, 1.165) is 52.1 Å². The fraction of sp³-hybridized carbons (Fsp3) is 0.929. The maximum Gasteiger partial charge on any atom is 0.236 e. The van der Waals surface area contributed by atoms with Gasteiger partial charge in [-0.25, -0.2) is 0 Å². The van der Waals surface area contributed by atoms with Gasteiger partial charge in [0.15, 0.2) is 0 Å². The van der Waals surface area contributed by atoms with Crippen molar-refractivity contribution in [3.63, 3.8) is 0 Å². The lowest BCUT2D eigenvalue weighted by Gasteiger charge is -2.30. The molecule has 0 aliphatic carbocycles. The SMILES string of the molecule is CCCN1CCCN(CC2(C)CCNC2)CC1=O. The molecule has 1 amide bonds. The van der Waals surface area contributed by atoms with E-state index in [1.807, 2.05) is 4.90 Å². The van der Waals surface area contributed by atoms with E-state index in [1.54, 1.807) is 0 Å². The number of rotatable bonds is 4. The third-order valence-electron chi connectivity index (χ3n) is 4.17. The summed E-state index contributed by atoms with van der Waals surface area (Å²) in [6.07, 6.45) is 3.42. The van der Waals surface area contributed by atoms with Crippen molar-refractivity contribution in [2.24, 2.45) is 5.41 Å². The fourth-order valence-electron chi connectivity index (χ4n) is 3.17. The van der Waals surface area contributed by atoms with Gasteiger partial charge in [0, 0.05) is 32.7 Å². The Morgan fingerprint density at radius 1 is 1.39 bits per heavy atom. The van der Waals surface area contributed by atoms with Gasteiger partial charge in [0.05, 0.1) is 6.54 Å². The Bertz CT molecular complexity index is 287. The predicted octanol–water partition coefficient (Wildman–Crippen LogP) is 0.930. The Hall–Kier alpha value is -0.610. The number of carbonyl (C=O) groups excluding carboxylic acids is 1. The van der Waals surface area contributed by atoms with Crippen LogP contribution in [0.1, 0.15) is 33.1 Å². The molecule has 2 heterocycles. The summed E-state index contributed by atoms with van der Waals surface area (Å²) < 4.78 is 0. The van der Waals surface area contributed by atoms with Crippen molar-refractivity contribution in [1.82, 2.24) is 15.1 Å². The van der Waals surface area contributed by atoms with Crippen LogP contribution in [0, 0.1) is 5.41 Å². The Morgan fingerprint density at radius 2 is 2.22 bits per heavy atom. The molecule has 0 aromatic heterocycles. The molecular formula is C14H27N3O. The summed E-state index contributed by atoms with van der Waals surface area (Å²) in [6.45, 7) is 11.3. The van der Waals surface area contributed by atoms with Gasteiger partial charge < -0.3 is 10.2 Å². The standard InChI is InChI=1S/C14H27N3O/c1-3-7-17-9-4-8-16(10-13(17)18)12-14(2)5-6-15-11-14/h15H,3-12H2,1-2H3. The van der Waals surface area contributed by atoms with Crippen LogP contribution < -0.4 is 5.32 Å². The first-order valence-electron chi connectivity index (χ1n) is 7.34. The molecule has 0 spiro atoms. The Balaban J connectivity index is 1.89. The normalized spacial score (nSPS) is 30.8. The maximum atomic E-state index is 12.2. The van der Waals surface area contributed by atoms with E-state index in [1.165, 1.54) is 6.42 Å². The number of nitrogens with one attached hydrogen (secondary N) is 1. The van der Waals surface area contributed by atoms with E-state index in [0.29, 0.717) is 17.9 Å². The van der Waals surface area contributed by atoms with Crippen LogP contribution in [-0.4, -0.2) is 61.5 Å². The number of amides is 1. The average molecular weight is 253 g/mol. The fourth-order valence-corrected chi connectivity index (χ4v) is 3.17. The van der Waals surface area contributed by atoms with Crippen LogP contribution in [0.25, 0.3) is 0 Å². The third-order valence-corrected chi connectivity index (χ3v) is 4.17. The molecule has 18 heavy (non-hydrogen) atoms. The van der Waals surface area contributed by atoms with Gasteiger partial charge >= 0.3 is 0 Å². The van der Waals surface area contributed by atoms with Gasteiger partial charge in [0.1, 0.15) is 0 Å². The van der Waals surface area contributed by atoms with Crippen molar-refractivity contribution in [2.45, 2.75) is 33.1 Å². The van der Waals surface area contributed by atoms with Gasteiger partial charge in [-0.15, -0.1) is 0 Å². The largest absolute Gasteiger partial charge is 0.342 e.